The average Bonchev–Trinajstić information content (AvgIpc) is 3.77. The van der Waals surface area contributed by atoms with Gasteiger partial charge in [-0.2, -0.15) is 10.5 Å². The molecule has 0 aliphatic carbocycles. The zero-order chi connectivity index (χ0) is 46.1. The van der Waals surface area contributed by atoms with E-state index >= 15 is 0 Å². The van der Waals surface area contributed by atoms with Crippen molar-refractivity contribution < 1.29 is 18.0 Å². The molecule has 2 aliphatic rings. The minimum absolute atomic E-state index is 0.00479. The molecule has 2 saturated heterocycles. The van der Waals surface area contributed by atoms with Crippen LogP contribution in [-0.2, 0) is 32.3 Å². The second-order valence-electron chi connectivity index (χ2n) is 16.1. The number of pyridine rings is 1. The largest absolute Gasteiger partial charge is 0.357 e. The zero-order valence-corrected chi connectivity index (χ0v) is 38.3. The first-order chi connectivity index (χ1) is 31.3. The monoisotopic (exact) mass is 927 g/mol. The molecule has 4 heterocycles. The summed E-state index contributed by atoms with van der Waals surface area (Å²) in [4.78, 5) is 45.8. The first-order valence-corrected chi connectivity index (χ1v) is 23.8. The van der Waals surface area contributed by atoms with Gasteiger partial charge < -0.3 is 19.7 Å². The van der Waals surface area contributed by atoms with E-state index in [-0.39, 0.29) is 36.2 Å². The van der Waals surface area contributed by atoms with Crippen molar-refractivity contribution in [3.8, 4) is 12.1 Å². The predicted molar refractivity (Wildman–Crippen MR) is 254 cm³/mol. The maximum Gasteiger partial charge on any atom is 0.246 e. The van der Waals surface area contributed by atoms with E-state index < -0.39 is 9.84 Å². The first kappa shape index (κ1) is 46.4. The quantitative estimate of drug-likeness (QED) is 0.128. The molecule has 4 aromatic carbocycles. The number of hydrogen-bond acceptors (Lipinski definition) is 10. The van der Waals surface area contributed by atoms with Crippen molar-refractivity contribution in [3.63, 3.8) is 0 Å². The van der Waals surface area contributed by atoms with Gasteiger partial charge in [0.15, 0.2) is 0 Å². The minimum Gasteiger partial charge on any atom is -0.357 e. The van der Waals surface area contributed by atoms with Crippen molar-refractivity contribution in [2.24, 2.45) is 0 Å². The summed E-state index contributed by atoms with van der Waals surface area (Å²) in [5, 5.41) is 19.1. The molecule has 0 bridgehead atoms. The minimum atomic E-state index is -3.19. The van der Waals surface area contributed by atoms with Gasteiger partial charge in [-0.15, -0.1) is 0 Å². The van der Waals surface area contributed by atoms with Gasteiger partial charge in [-0.3, -0.25) is 19.5 Å². The lowest BCUT2D eigenvalue weighted by Crippen LogP contribution is -2.57. The van der Waals surface area contributed by atoms with Gasteiger partial charge in [-0.25, -0.2) is 13.4 Å². The fourth-order valence-corrected chi connectivity index (χ4v) is 9.07. The van der Waals surface area contributed by atoms with Crippen LogP contribution in [0.25, 0.3) is 0 Å². The standard InChI is InChI=1S/C26H25ClN4O3S.C23H22ClN5O/c1-35(33,34)12-10-24-17-31(23-4-2-3-22(27)14-23)26(32)18-30(24)25-9-11-29-16-21(25)13-19-5-7-20(15-28)8-6-19;1-16(23-26-14-20(27-23)11-17-5-7-18(13-25)8-6-17)28-9-10-29(22(30)15-28)21-4-2-3-19(24)12-21/h2-9,11,14,16,24H,10,12-13,17-18H2,1H3;2-8,12,14,16H,9-11,15H2,1H3,(H,26,27)/t24-;/m0./s1. The number of sulfone groups is 1. The van der Waals surface area contributed by atoms with Crippen LogP contribution in [0.4, 0.5) is 17.1 Å². The van der Waals surface area contributed by atoms with E-state index in [1.54, 1.807) is 58.6 Å². The fraction of sp³-hybridized carbons (Fsp3) is 0.265. The molecule has 0 saturated carbocycles. The van der Waals surface area contributed by atoms with Gasteiger partial charge >= 0.3 is 0 Å². The van der Waals surface area contributed by atoms with Crippen LogP contribution in [0.1, 0.15) is 58.7 Å². The molecule has 2 amide bonds. The average molecular weight is 929 g/mol. The Morgan fingerprint density at radius 1 is 0.785 bits per heavy atom. The molecule has 16 heteroatoms. The molecule has 2 aromatic heterocycles. The molecule has 1 unspecified atom stereocenters. The highest BCUT2D eigenvalue weighted by molar-refractivity contribution is 7.90. The summed E-state index contributed by atoms with van der Waals surface area (Å²) < 4.78 is 24.0. The highest BCUT2D eigenvalue weighted by Gasteiger charge is 2.35. The molecule has 0 radical (unpaired) electrons. The number of anilines is 3. The molecule has 0 spiro atoms. The van der Waals surface area contributed by atoms with E-state index in [1.165, 1.54) is 6.26 Å². The molecule has 332 valence electrons. The Morgan fingerprint density at radius 3 is 1.97 bits per heavy atom. The fourth-order valence-electron chi connectivity index (χ4n) is 8.00. The molecular formula is C49H47Cl2N9O4S. The molecule has 65 heavy (non-hydrogen) atoms. The molecular weight excluding hydrogens is 882 g/mol. The molecule has 8 rings (SSSR count). The number of benzene rings is 4. The Bertz CT molecular complexity index is 2840. The lowest BCUT2D eigenvalue weighted by molar-refractivity contribution is -0.122. The number of rotatable bonds is 12. The summed E-state index contributed by atoms with van der Waals surface area (Å²) in [7, 11) is -3.19. The number of imidazole rings is 1. The van der Waals surface area contributed by atoms with Gasteiger partial charge in [-0.1, -0.05) is 59.6 Å². The summed E-state index contributed by atoms with van der Waals surface area (Å²) in [5.74, 6) is 0.827. The number of H-pyrrole nitrogens is 1. The van der Waals surface area contributed by atoms with Crippen LogP contribution in [0.3, 0.4) is 0 Å². The molecule has 13 nitrogen and oxygen atoms in total. The second-order valence-corrected chi connectivity index (χ2v) is 19.3. The topological polar surface area (TPSA) is 170 Å². The van der Waals surface area contributed by atoms with Gasteiger partial charge in [0.2, 0.25) is 11.8 Å². The van der Waals surface area contributed by atoms with Crippen LogP contribution in [0.5, 0.6) is 0 Å². The van der Waals surface area contributed by atoms with Crippen LogP contribution in [0.15, 0.2) is 122 Å². The van der Waals surface area contributed by atoms with E-state index in [0.29, 0.717) is 65.8 Å². The van der Waals surface area contributed by atoms with Crippen LogP contribution in [-0.4, -0.2) is 90.9 Å². The predicted octanol–water partition coefficient (Wildman–Crippen LogP) is 7.79. The zero-order valence-electron chi connectivity index (χ0n) is 35.9. The molecule has 2 aliphatic heterocycles. The Labute approximate surface area is 389 Å². The van der Waals surface area contributed by atoms with E-state index in [1.807, 2.05) is 77.8 Å². The Morgan fingerprint density at radius 2 is 1.38 bits per heavy atom. The van der Waals surface area contributed by atoms with Gasteiger partial charge in [0, 0.05) is 96.2 Å². The second kappa shape index (κ2) is 21.0. The normalized spacial score (nSPS) is 16.0. The highest BCUT2D eigenvalue weighted by atomic mass is 35.5. The lowest BCUT2D eigenvalue weighted by Gasteiger charge is -2.43. The van der Waals surface area contributed by atoms with Gasteiger partial charge in [0.25, 0.3) is 0 Å². The van der Waals surface area contributed by atoms with Gasteiger partial charge in [-0.05, 0) is 96.8 Å². The van der Waals surface area contributed by atoms with E-state index in [9.17, 15) is 18.0 Å². The van der Waals surface area contributed by atoms with Crippen molar-refractivity contribution >= 4 is 61.9 Å². The number of aromatic amines is 1. The summed E-state index contributed by atoms with van der Waals surface area (Å²) in [6.07, 6.45) is 8.18. The number of nitrogens with one attached hydrogen (secondary N) is 1. The summed E-state index contributed by atoms with van der Waals surface area (Å²) in [6.45, 7) is 4.21. The van der Waals surface area contributed by atoms with E-state index in [2.05, 4.69) is 38.9 Å². The third kappa shape index (κ3) is 12.2. The number of amides is 2. The van der Waals surface area contributed by atoms with Crippen molar-refractivity contribution in [3.05, 3.63) is 171 Å². The number of carbonyl (C=O) groups is 2. The highest BCUT2D eigenvalue weighted by Crippen LogP contribution is 2.31. The number of nitrogens with zero attached hydrogens (tertiary/aromatic N) is 8. The van der Waals surface area contributed by atoms with Crippen LogP contribution >= 0.6 is 23.2 Å². The Hall–Kier alpha value is -6.55. The maximum absolute atomic E-state index is 13.3. The third-order valence-electron chi connectivity index (χ3n) is 11.5. The Balaban J connectivity index is 0.000000196. The van der Waals surface area contributed by atoms with Gasteiger partial charge in [0.1, 0.15) is 15.7 Å². The lowest BCUT2D eigenvalue weighted by atomic mass is 10.0. The molecule has 6 aromatic rings. The number of halogens is 2. The SMILES string of the molecule is CC(c1ncc(Cc2ccc(C#N)cc2)[nH]1)N1CCN(c2cccc(Cl)c2)C(=O)C1.CS(=O)(=O)CC[C@H]1CN(c2cccc(Cl)c2)C(=O)CN1c1ccncc1Cc1ccc(C#N)cc1. The van der Waals surface area contributed by atoms with Crippen LogP contribution in [0, 0.1) is 22.7 Å². The number of aromatic nitrogens is 3. The molecule has 2 atom stereocenters. The molecule has 2 fully saturated rings. The van der Waals surface area contributed by atoms with Crippen molar-refractivity contribution in [2.45, 2.75) is 38.3 Å². The first-order valence-electron chi connectivity index (χ1n) is 21.0. The summed E-state index contributed by atoms with van der Waals surface area (Å²) >= 11 is 12.2. The molecule has 1 N–H and O–H groups in total. The van der Waals surface area contributed by atoms with Crippen LogP contribution in [0.2, 0.25) is 10.0 Å². The Kier molecular flexibility index (Phi) is 15.0. The number of nitriles is 2. The van der Waals surface area contributed by atoms with Gasteiger partial charge in [0.05, 0.1) is 48.1 Å². The summed E-state index contributed by atoms with van der Waals surface area (Å²) in [6, 6.07) is 35.3. The smallest absolute Gasteiger partial charge is 0.246 e. The maximum atomic E-state index is 13.3. The third-order valence-corrected chi connectivity index (χ3v) is 12.9. The van der Waals surface area contributed by atoms with Crippen molar-refractivity contribution in [1.82, 2.24) is 19.9 Å². The van der Waals surface area contributed by atoms with E-state index in [0.717, 1.165) is 46.1 Å². The van der Waals surface area contributed by atoms with E-state index in [4.69, 9.17) is 33.7 Å². The summed E-state index contributed by atoms with van der Waals surface area (Å²) in [5.41, 5.74) is 7.67. The number of hydrogen-bond donors (Lipinski definition) is 1. The van der Waals surface area contributed by atoms with Crippen LogP contribution < -0.4 is 14.7 Å². The van der Waals surface area contributed by atoms with Crippen molar-refractivity contribution in [1.29, 1.82) is 10.5 Å². The van der Waals surface area contributed by atoms with Crippen molar-refractivity contribution in [2.75, 3.05) is 59.4 Å². The number of carbonyl (C=O) groups excluding carboxylic acids is 2. The number of piperazine rings is 2.